The third kappa shape index (κ3) is 5.30. The third-order valence-corrected chi connectivity index (χ3v) is 6.10. The van der Waals surface area contributed by atoms with E-state index in [4.69, 9.17) is 4.74 Å². The van der Waals surface area contributed by atoms with Gasteiger partial charge in [0.15, 0.2) is 0 Å². The Kier molecular flexibility index (Phi) is 6.97. The minimum Gasteiger partial charge on any atom is -0.457 e. The molecule has 0 saturated carbocycles. The van der Waals surface area contributed by atoms with Gasteiger partial charge in [-0.3, -0.25) is 9.98 Å². The Morgan fingerprint density at radius 1 is 1.00 bits per heavy atom. The van der Waals surface area contributed by atoms with Gasteiger partial charge in [0.2, 0.25) is 5.95 Å². The van der Waals surface area contributed by atoms with E-state index in [-0.39, 0.29) is 11.7 Å². The van der Waals surface area contributed by atoms with Crippen molar-refractivity contribution in [3.05, 3.63) is 84.2 Å². The molecule has 3 heterocycles. The Bertz CT molecular complexity index is 1600. The molecule has 0 spiro atoms. The van der Waals surface area contributed by atoms with Crippen LogP contribution in [-0.2, 0) is 6.18 Å². The molecular formula is C26H20F3N7OS. The largest absolute Gasteiger partial charge is 0.457 e. The number of nitrogens with zero attached hydrogens (tertiary/aromatic N) is 6. The quantitative estimate of drug-likeness (QED) is 0.144. The summed E-state index contributed by atoms with van der Waals surface area (Å²) in [5.74, 6) is 1.75. The number of nitrogens with one attached hydrogen (secondary N) is 1. The monoisotopic (exact) mass is 535 g/mol. The number of halogens is 3. The molecule has 2 aromatic carbocycles. The summed E-state index contributed by atoms with van der Waals surface area (Å²) < 4.78 is 47.7. The van der Waals surface area contributed by atoms with Gasteiger partial charge in [-0.15, -0.1) is 16.9 Å². The minimum absolute atomic E-state index is 0.228. The predicted molar refractivity (Wildman–Crippen MR) is 141 cm³/mol. The molecule has 0 fully saturated rings. The number of rotatable bonds is 7. The average molecular weight is 536 g/mol. The van der Waals surface area contributed by atoms with Crippen molar-refractivity contribution in [2.24, 2.45) is 4.99 Å². The number of hydrogen-bond acceptors (Lipinski definition) is 8. The second-order valence-corrected chi connectivity index (χ2v) is 8.73. The van der Waals surface area contributed by atoms with E-state index in [9.17, 15) is 13.2 Å². The molecule has 5 aromatic rings. The van der Waals surface area contributed by atoms with E-state index < -0.39 is 11.7 Å². The fourth-order valence-corrected chi connectivity index (χ4v) is 4.29. The van der Waals surface area contributed by atoms with Crippen molar-refractivity contribution in [2.75, 3.05) is 18.6 Å². The number of fused-ring (bicyclic) bond motifs is 1. The van der Waals surface area contributed by atoms with Crippen LogP contribution in [0.3, 0.4) is 0 Å². The Labute approximate surface area is 219 Å². The van der Waals surface area contributed by atoms with Crippen LogP contribution < -0.4 is 10.1 Å². The van der Waals surface area contributed by atoms with Crippen LogP contribution in [-0.4, -0.2) is 44.1 Å². The first kappa shape index (κ1) is 25.2. The first-order chi connectivity index (χ1) is 18.4. The fourth-order valence-electron chi connectivity index (χ4n) is 3.75. The highest BCUT2D eigenvalue weighted by atomic mass is 32.2. The summed E-state index contributed by atoms with van der Waals surface area (Å²) in [6.07, 6.45) is 2.17. The highest BCUT2D eigenvalue weighted by Crippen LogP contribution is 2.35. The number of thioether (sulfide) groups is 1. The number of hydrogen-bond donors (Lipinski definition) is 1. The van der Waals surface area contributed by atoms with Crippen molar-refractivity contribution >= 4 is 35.4 Å². The molecule has 0 aliphatic heterocycles. The first-order valence-electron chi connectivity index (χ1n) is 11.3. The molecule has 0 aliphatic carbocycles. The van der Waals surface area contributed by atoms with Crippen LogP contribution in [0.4, 0.5) is 24.8 Å². The van der Waals surface area contributed by atoms with Gasteiger partial charge in [0.25, 0.3) is 5.78 Å². The maximum Gasteiger partial charge on any atom is 0.416 e. The maximum atomic E-state index is 13.5. The Hall–Kier alpha value is -4.45. The number of benzene rings is 2. The smallest absolute Gasteiger partial charge is 0.416 e. The molecule has 0 bridgehead atoms. The summed E-state index contributed by atoms with van der Waals surface area (Å²) in [7, 11) is 1.58. The number of anilines is 2. The van der Waals surface area contributed by atoms with Gasteiger partial charge in [-0.2, -0.15) is 22.7 Å². The molecular weight excluding hydrogens is 515 g/mol. The van der Waals surface area contributed by atoms with Gasteiger partial charge < -0.3 is 10.1 Å². The number of alkyl halides is 3. The van der Waals surface area contributed by atoms with Gasteiger partial charge in [0.1, 0.15) is 16.5 Å². The van der Waals surface area contributed by atoms with Crippen molar-refractivity contribution in [2.45, 2.75) is 11.2 Å². The minimum atomic E-state index is -4.49. The summed E-state index contributed by atoms with van der Waals surface area (Å²) in [6.45, 7) is 0. The second-order valence-electron chi connectivity index (χ2n) is 7.93. The summed E-state index contributed by atoms with van der Waals surface area (Å²) in [6, 6.07) is 15.7. The Morgan fingerprint density at radius 3 is 2.42 bits per heavy atom. The van der Waals surface area contributed by atoms with Crippen molar-refractivity contribution in [1.82, 2.24) is 24.6 Å². The van der Waals surface area contributed by atoms with Crippen LogP contribution in [0.25, 0.3) is 17.0 Å². The third-order valence-electron chi connectivity index (χ3n) is 5.40. The Balaban J connectivity index is 1.53. The van der Waals surface area contributed by atoms with E-state index in [1.807, 2.05) is 6.26 Å². The van der Waals surface area contributed by atoms with Gasteiger partial charge >= 0.3 is 6.18 Å². The first-order valence-corrected chi connectivity index (χ1v) is 12.5. The van der Waals surface area contributed by atoms with E-state index in [0.717, 1.165) is 12.1 Å². The molecule has 5 rings (SSSR count). The van der Waals surface area contributed by atoms with E-state index >= 15 is 0 Å². The lowest BCUT2D eigenvalue weighted by Gasteiger charge is -2.13. The molecule has 0 saturated heterocycles. The van der Waals surface area contributed by atoms with Crippen LogP contribution in [0.1, 0.15) is 11.1 Å². The summed E-state index contributed by atoms with van der Waals surface area (Å²) in [5.41, 5.74) is 1.17. The normalized spacial score (nSPS) is 11.8. The number of ether oxygens (including phenoxy) is 1. The van der Waals surface area contributed by atoms with Crippen LogP contribution in [0.5, 0.6) is 11.5 Å². The number of aliphatic imine (C=N–C) groups is 1. The van der Waals surface area contributed by atoms with Gasteiger partial charge in [-0.1, -0.05) is 12.1 Å². The van der Waals surface area contributed by atoms with Gasteiger partial charge in [0.05, 0.1) is 16.8 Å². The molecule has 38 heavy (non-hydrogen) atoms. The van der Waals surface area contributed by atoms with Crippen LogP contribution >= 0.6 is 11.8 Å². The molecule has 0 atom stereocenters. The van der Waals surface area contributed by atoms with Crippen molar-refractivity contribution in [1.29, 1.82) is 0 Å². The molecule has 1 N–H and O–H groups in total. The van der Waals surface area contributed by atoms with E-state index in [0.29, 0.717) is 39.0 Å². The maximum absolute atomic E-state index is 13.5. The van der Waals surface area contributed by atoms with Crippen molar-refractivity contribution < 1.29 is 17.9 Å². The predicted octanol–water partition coefficient (Wildman–Crippen LogP) is 6.51. The van der Waals surface area contributed by atoms with Crippen LogP contribution in [0.2, 0.25) is 0 Å². The van der Waals surface area contributed by atoms with Crippen molar-refractivity contribution in [3.8, 4) is 22.8 Å². The van der Waals surface area contributed by atoms with Crippen molar-refractivity contribution in [3.63, 3.8) is 0 Å². The standard InChI is InChI=1S/C26H20F3N7OS/c1-30-15-21-22(16-4-3-5-17(14-16)26(27,28)29)36-25(33-23(21)38-2)34-24(35-36)32-18-6-8-19(9-7-18)37-20-10-12-31-13-11-20/h3-15H,1-2H3,(H,32,35). The summed E-state index contributed by atoms with van der Waals surface area (Å²) >= 11 is 1.34. The molecule has 12 heteroatoms. The molecule has 0 unspecified atom stereocenters. The zero-order chi connectivity index (χ0) is 26.7. The van der Waals surface area contributed by atoms with Crippen LogP contribution in [0, 0.1) is 0 Å². The topological polar surface area (TPSA) is 89.6 Å². The molecule has 3 aromatic heterocycles. The van der Waals surface area contributed by atoms with E-state index in [1.54, 1.807) is 68.1 Å². The number of pyridine rings is 1. The zero-order valence-electron chi connectivity index (χ0n) is 20.1. The zero-order valence-corrected chi connectivity index (χ0v) is 21.0. The highest BCUT2D eigenvalue weighted by molar-refractivity contribution is 7.98. The lowest BCUT2D eigenvalue weighted by Crippen LogP contribution is -2.08. The summed E-state index contributed by atoms with van der Waals surface area (Å²) in [4.78, 5) is 17.1. The lowest BCUT2D eigenvalue weighted by molar-refractivity contribution is -0.137. The molecule has 0 amide bonds. The van der Waals surface area contributed by atoms with Gasteiger partial charge in [-0.25, -0.2) is 4.98 Å². The van der Waals surface area contributed by atoms with Crippen LogP contribution in [0.15, 0.2) is 83.1 Å². The molecule has 8 nitrogen and oxygen atoms in total. The van der Waals surface area contributed by atoms with E-state index in [2.05, 4.69) is 30.4 Å². The SMILES string of the molecule is CN=Cc1c(SC)nc2nc(Nc3ccc(Oc4ccncc4)cc3)nn2c1-c1cccc(C(F)(F)F)c1. The highest BCUT2D eigenvalue weighted by Gasteiger charge is 2.31. The second kappa shape index (κ2) is 10.5. The average Bonchev–Trinajstić information content (AvgIpc) is 3.31. The molecule has 192 valence electrons. The van der Waals surface area contributed by atoms with E-state index in [1.165, 1.54) is 22.3 Å². The Morgan fingerprint density at radius 2 is 1.74 bits per heavy atom. The van der Waals surface area contributed by atoms with Gasteiger partial charge in [-0.05, 0) is 54.8 Å². The molecule has 0 radical (unpaired) electrons. The lowest BCUT2D eigenvalue weighted by atomic mass is 10.0. The molecule has 0 aliphatic rings. The van der Waals surface area contributed by atoms with Gasteiger partial charge in [0, 0.05) is 36.9 Å². The summed E-state index contributed by atoms with van der Waals surface area (Å²) in [5, 5.41) is 8.21. The number of aromatic nitrogens is 5. The fraction of sp³-hybridized carbons (Fsp3) is 0.115.